The second-order valence-electron chi connectivity index (χ2n) is 4.39. The molecule has 4 nitrogen and oxygen atoms in total. The van der Waals surface area contributed by atoms with Crippen LogP contribution in [0.2, 0.25) is 0 Å². The summed E-state index contributed by atoms with van der Waals surface area (Å²) in [5.74, 6) is 0.760. The third kappa shape index (κ3) is 3.63. The largest absolute Gasteiger partial charge is 0.496 e. The number of carbonyl (C=O) groups is 1. The average Bonchev–Trinajstić information content (AvgIpc) is 2.26. The van der Waals surface area contributed by atoms with Gasteiger partial charge in [-0.15, -0.1) is 0 Å². The summed E-state index contributed by atoms with van der Waals surface area (Å²) in [4.78, 5) is 10.5. The molecule has 0 unspecified atom stereocenters. The molecule has 0 aliphatic carbocycles. The molecule has 2 N–H and O–H groups in total. The number of nitrogens with one attached hydrogen (secondary N) is 1. The van der Waals surface area contributed by atoms with E-state index in [-0.39, 0.29) is 5.41 Å². The molecule has 0 heterocycles. The van der Waals surface area contributed by atoms with E-state index >= 15 is 0 Å². The van der Waals surface area contributed by atoms with Gasteiger partial charge in [-0.2, -0.15) is 0 Å². The summed E-state index contributed by atoms with van der Waals surface area (Å²) in [6.07, 6.45) is -1.01. The molecule has 94 valence electrons. The molecule has 1 amide bonds. The Morgan fingerprint density at radius 3 is 2.65 bits per heavy atom. The minimum Gasteiger partial charge on any atom is -0.496 e. The van der Waals surface area contributed by atoms with Crippen LogP contribution < -0.4 is 10.1 Å². The van der Waals surface area contributed by atoms with Crippen molar-refractivity contribution in [3.63, 3.8) is 0 Å². The van der Waals surface area contributed by atoms with E-state index in [0.29, 0.717) is 6.54 Å². The second kappa shape index (κ2) is 5.40. The number of halogens is 1. The Hall–Kier alpha value is -1.23. The van der Waals surface area contributed by atoms with Crippen LogP contribution in [0.1, 0.15) is 19.4 Å². The summed E-state index contributed by atoms with van der Waals surface area (Å²) in [6.45, 7) is 4.33. The Morgan fingerprint density at radius 2 is 2.18 bits per heavy atom. The minimum atomic E-state index is -1.01. The molecular formula is C12H16BrNO3. The highest BCUT2D eigenvalue weighted by Gasteiger charge is 2.22. The summed E-state index contributed by atoms with van der Waals surface area (Å²) in [6, 6.07) is 5.75. The van der Waals surface area contributed by atoms with Crippen molar-refractivity contribution in [1.82, 2.24) is 5.32 Å². The van der Waals surface area contributed by atoms with Gasteiger partial charge in [0, 0.05) is 12.0 Å². The highest BCUT2D eigenvalue weighted by atomic mass is 79.9. The van der Waals surface area contributed by atoms with Crippen LogP contribution in [0.15, 0.2) is 22.7 Å². The average molecular weight is 302 g/mol. The van der Waals surface area contributed by atoms with Crippen LogP contribution >= 0.6 is 15.9 Å². The fraction of sp³-hybridized carbons (Fsp3) is 0.417. The van der Waals surface area contributed by atoms with E-state index in [4.69, 9.17) is 9.84 Å². The highest BCUT2D eigenvalue weighted by Crippen LogP contribution is 2.31. The summed E-state index contributed by atoms with van der Waals surface area (Å²) in [5.41, 5.74) is 0.770. The first-order valence-electron chi connectivity index (χ1n) is 5.17. The van der Waals surface area contributed by atoms with E-state index in [0.717, 1.165) is 15.8 Å². The molecule has 0 aliphatic rings. The summed E-state index contributed by atoms with van der Waals surface area (Å²) >= 11 is 3.42. The maximum atomic E-state index is 10.5. The van der Waals surface area contributed by atoms with Crippen molar-refractivity contribution in [2.75, 3.05) is 13.7 Å². The highest BCUT2D eigenvalue weighted by molar-refractivity contribution is 9.10. The van der Waals surface area contributed by atoms with E-state index < -0.39 is 6.09 Å². The number of hydrogen-bond acceptors (Lipinski definition) is 2. The Bertz CT molecular complexity index is 418. The zero-order valence-electron chi connectivity index (χ0n) is 10.1. The Kier molecular flexibility index (Phi) is 4.40. The standard InChI is InChI=1S/C12H16BrNO3/c1-12(2,7-14-11(15)16)8-4-5-10(17-3)9(13)6-8/h4-6,14H,7H2,1-3H3,(H,15,16). The van der Waals surface area contributed by atoms with Gasteiger partial charge in [0.05, 0.1) is 11.6 Å². The lowest BCUT2D eigenvalue weighted by atomic mass is 9.84. The Balaban J connectivity index is 2.90. The molecule has 1 aromatic rings. The van der Waals surface area contributed by atoms with Gasteiger partial charge in [-0.05, 0) is 33.6 Å². The molecule has 0 aliphatic heterocycles. The maximum Gasteiger partial charge on any atom is 0.404 e. The van der Waals surface area contributed by atoms with E-state index in [2.05, 4.69) is 21.2 Å². The number of carboxylic acid groups (broad SMARTS) is 1. The first-order valence-corrected chi connectivity index (χ1v) is 5.97. The number of hydrogen-bond donors (Lipinski definition) is 2. The number of rotatable bonds is 4. The number of ether oxygens (including phenoxy) is 1. The van der Waals surface area contributed by atoms with Gasteiger partial charge < -0.3 is 15.2 Å². The van der Waals surface area contributed by atoms with Crippen LogP contribution in [0.5, 0.6) is 5.75 Å². The van der Waals surface area contributed by atoms with Crippen LogP contribution in [0, 0.1) is 0 Å². The first-order chi connectivity index (χ1) is 7.86. The molecule has 5 heteroatoms. The van der Waals surface area contributed by atoms with Crippen molar-refractivity contribution >= 4 is 22.0 Å². The predicted octanol–water partition coefficient (Wildman–Crippen LogP) is 3.00. The number of methoxy groups -OCH3 is 1. The van der Waals surface area contributed by atoms with Gasteiger partial charge >= 0.3 is 6.09 Å². The molecule has 0 saturated heterocycles. The Morgan fingerprint density at radius 1 is 1.53 bits per heavy atom. The van der Waals surface area contributed by atoms with Crippen molar-refractivity contribution in [3.8, 4) is 5.75 Å². The van der Waals surface area contributed by atoms with Gasteiger partial charge in [0.2, 0.25) is 0 Å². The van der Waals surface area contributed by atoms with E-state index in [9.17, 15) is 4.79 Å². The van der Waals surface area contributed by atoms with Crippen molar-refractivity contribution < 1.29 is 14.6 Å². The fourth-order valence-electron chi connectivity index (χ4n) is 1.49. The number of benzene rings is 1. The van der Waals surface area contributed by atoms with E-state index in [1.54, 1.807) is 7.11 Å². The van der Waals surface area contributed by atoms with Gasteiger partial charge in [-0.1, -0.05) is 19.9 Å². The van der Waals surface area contributed by atoms with E-state index in [1.165, 1.54) is 0 Å². The topological polar surface area (TPSA) is 58.6 Å². The first kappa shape index (κ1) is 13.8. The molecule has 0 aromatic heterocycles. The third-order valence-electron chi connectivity index (χ3n) is 2.61. The summed E-state index contributed by atoms with van der Waals surface area (Å²) in [5, 5.41) is 11.0. The molecule has 0 fully saturated rings. The van der Waals surface area contributed by atoms with Gasteiger partial charge in [0.15, 0.2) is 0 Å². The lowest BCUT2D eigenvalue weighted by molar-refractivity contribution is 0.192. The molecule has 0 bridgehead atoms. The molecule has 0 spiro atoms. The normalized spacial score (nSPS) is 11.1. The number of amides is 1. The van der Waals surface area contributed by atoms with Crippen LogP contribution in [-0.4, -0.2) is 24.9 Å². The zero-order chi connectivity index (χ0) is 13.1. The lowest BCUT2D eigenvalue weighted by Gasteiger charge is -2.25. The molecule has 17 heavy (non-hydrogen) atoms. The van der Waals surface area contributed by atoms with Gasteiger partial charge in [0.1, 0.15) is 5.75 Å². The van der Waals surface area contributed by atoms with Crippen LogP contribution in [0.3, 0.4) is 0 Å². The van der Waals surface area contributed by atoms with Gasteiger partial charge in [-0.3, -0.25) is 0 Å². The molecule has 1 rings (SSSR count). The van der Waals surface area contributed by atoms with Gasteiger partial charge in [0.25, 0.3) is 0 Å². The maximum absolute atomic E-state index is 10.5. The zero-order valence-corrected chi connectivity index (χ0v) is 11.7. The smallest absolute Gasteiger partial charge is 0.404 e. The monoisotopic (exact) mass is 301 g/mol. The van der Waals surface area contributed by atoms with Crippen LogP contribution in [-0.2, 0) is 5.41 Å². The van der Waals surface area contributed by atoms with Gasteiger partial charge in [-0.25, -0.2) is 4.79 Å². The molecular weight excluding hydrogens is 286 g/mol. The third-order valence-corrected chi connectivity index (χ3v) is 3.23. The van der Waals surface area contributed by atoms with Crippen molar-refractivity contribution in [2.45, 2.75) is 19.3 Å². The SMILES string of the molecule is COc1ccc(C(C)(C)CNC(=O)O)cc1Br. The van der Waals surface area contributed by atoms with E-state index in [1.807, 2.05) is 32.0 Å². The molecule has 1 aromatic carbocycles. The van der Waals surface area contributed by atoms with Crippen LogP contribution in [0.25, 0.3) is 0 Å². The quantitative estimate of drug-likeness (QED) is 0.899. The summed E-state index contributed by atoms with van der Waals surface area (Å²) in [7, 11) is 1.61. The molecule has 0 atom stereocenters. The Labute approximate surface area is 109 Å². The minimum absolute atomic E-state index is 0.271. The van der Waals surface area contributed by atoms with Crippen molar-refractivity contribution in [2.24, 2.45) is 0 Å². The fourth-order valence-corrected chi connectivity index (χ4v) is 2.03. The summed E-state index contributed by atoms with van der Waals surface area (Å²) < 4.78 is 6.02. The van der Waals surface area contributed by atoms with Crippen LogP contribution in [0.4, 0.5) is 4.79 Å². The van der Waals surface area contributed by atoms with Crippen molar-refractivity contribution in [1.29, 1.82) is 0 Å². The van der Waals surface area contributed by atoms with Crippen molar-refractivity contribution in [3.05, 3.63) is 28.2 Å². The second-order valence-corrected chi connectivity index (χ2v) is 5.25. The molecule has 0 saturated carbocycles. The lowest BCUT2D eigenvalue weighted by Crippen LogP contribution is -2.35. The molecule has 0 radical (unpaired) electrons. The predicted molar refractivity (Wildman–Crippen MR) is 69.7 cm³/mol.